The lowest BCUT2D eigenvalue weighted by atomic mass is 10.1. The first-order valence-electron chi connectivity index (χ1n) is 6.75. The van der Waals surface area contributed by atoms with Crippen LogP contribution >= 0.6 is 11.6 Å². The minimum absolute atomic E-state index is 0.362. The van der Waals surface area contributed by atoms with Gasteiger partial charge in [0.15, 0.2) is 0 Å². The van der Waals surface area contributed by atoms with Crippen molar-refractivity contribution in [3.05, 3.63) is 52.5 Å². The van der Waals surface area contributed by atoms with E-state index in [1.54, 1.807) is 6.20 Å². The van der Waals surface area contributed by atoms with Gasteiger partial charge in [0.1, 0.15) is 11.3 Å². The summed E-state index contributed by atoms with van der Waals surface area (Å²) in [6.07, 6.45) is 1.80. The molecule has 0 radical (unpaired) electrons. The number of aromatic nitrogens is 2. The van der Waals surface area contributed by atoms with Crippen molar-refractivity contribution in [2.75, 3.05) is 0 Å². The predicted octanol–water partition coefficient (Wildman–Crippen LogP) is 4.76. The number of rotatable bonds is 3. The van der Waals surface area contributed by atoms with Gasteiger partial charge in [0.25, 0.3) is 0 Å². The van der Waals surface area contributed by atoms with Crippen molar-refractivity contribution in [3.8, 4) is 0 Å². The molecule has 0 aliphatic heterocycles. The van der Waals surface area contributed by atoms with Gasteiger partial charge in [-0.2, -0.15) is 5.10 Å². The number of hydrogen-bond donors (Lipinski definition) is 0. The molecule has 2 aromatic heterocycles. The van der Waals surface area contributed by atoms with Gasteiger partial charge < -0.3 is 4.42 Å². The summed E-state index contributed by atoms with van der Waals surface area (Å²) in [6, 6.07) is 7.97. The van der Waals surface area contributed by atoms with Crippen LogP contribution in [0.3, 0.4) is 0 Å². The van der Waals surface area contributed by atoms with Crippen molar-refractivity contribution in [1.82, 2.24) is 9.78 Å². The lowest BCUT2D eigenvalue weighted by molar-refractivity contribution is 0.516. The molecular formula is C16H17ClN2O. The zero-order valence-corrected chi connectivity index (χ0v) is 12.6. The molecule has 20 heavy (non-hydrogen) atoms. The highest BCUT2D eigenvalue weighted by Gasteiger charge is 2.13. The highest BCUT2D eigenvalue weighted by Crippen LogP contribution is 2.30. The third-order valence-electron chi connectivity index (χ3n) is 3.50. The van der Waals surface area contributed by atoms with Crippen molar-refractivity contribution in [3.63, 3.8) is 0 Å². The van der Waals surface area contributed by atoms with Gasteiger partial charge in [-0.3, -0.25) is 4.68 Å². The van der Waals surface area contributed by atoms with E-state index in [0.717, 1.165) is 33.0 Å². The van der Waals surface area contributed by atoms with Gasteiger partial charge in [0.05, 0.1) is 6.54 Å². The SMILES string of the molecule is Cc1ccnn1Cc1cc(Cl)cc2cc(C(C)C)oc12. The van der Waals surface area contributed by atoms with Crippen LogP contribution in [0.25, 0.3) is 11.0 Å². The molecule has 0 atom stereocenters. The van der Waals surface area contributed by atoms with Gasteiger partial charge in [-0.25, -0.2) is 0 Å². The lowest BCUT2D eigenvalue weighted by Gasteiger charge is -2.06. The van der Waals surface area contributed by atoms with E-state index in [9.17, 15) is 0 Å². The van der Waals surface area contributed by atoms with E-state index in [1.807, 2.05) is 29.8 Å². The van der Waals surface area contributed by atoms with Crippen LogP contribution in [0, 0.1) is 6.92 Å². The van der Waals surface area contributed by atoms with Crippen LogP contribution in [0.15, 0.2) is 34.9 Å². The van der Waals surface area contributed by atoms with Crippen molar-refractivity contribution in [2.45, 2.75) is 33.2 Å². The van der Waals surface area contributed by atoms with Crippen LogP contribution in [-0.4, -0.2) is 9.78 Å². The Kier molecular flexibility index (Phi) is 3.30. The number of fused-ring (bicyclic) bond motifs is 1. The standard InChI is InChI=1S/C16H17ClN2O/c1-10(2)15-8-12-6-14(17)7-13(16(12)20-15)9-19-11(3)4-5-18-19/h4-8,10H,9H2,1-3H3. The van der Waals surface area contributed by atoms with Gasteiger partial charge in [0, 0.05) is 33.8 Å². The maximum absolute atomic E-state index is 6.22. The van der Waals surface area contributed by atoms with Crippen molar-refractivity contribution in [1.29, 1.82) is 0 Å². The summed E-state index contributed by atoms with van der Waals surface area (Å²) < 4.78 is 7.95. The summed E-state index contributed by atoms with van der Waals surface area (Å²) in [4.78, 5) is 0. The summed E-state index contributed by atoms with van der Waals surface area (Å²) in [5, 5.41) is 6.11. The number of halogens is 1. The van der Waals surface area contributed by atoms with Crippen LogP contribution in [0.1, 0.15) is 36.8 Å². The first kappa shape index (κ1) is 13.3. The van der Waals surface area contributed by atoms with E-state index < -0.39 is 0 Å². The molecule has 3 aromatic rings. The second-order valence-electron chi connectivity index (χ2n) is 5.42. The van der Waals surface area contributed by atoms with Crippen LogP contribution < -0.4 is 0 Å². The quantitative estimate of drug-likeness (QED) is 0.695. The molecule has 104 valence electrons. The van der Waals surface area contributed by atoms with Crippen molar-refractivity contribution in [2.24, 2.45) is 0 Å². The molecule has 0 N–H and O–H groups in total. The van der Waals surface area contributed by atoms with Gasteiger partial charge in [0.2, 0.25) is 0 Å². The summed E-state index contributed by atoms with van der Waals surface area (Å²) in [5.74, 6) is 1.35. The van der Waals surface area contributed by atoms with Gasteiger partial charge in [-0.15, -0.1) is 0 Å². The molecule has 0 aliphatic rings. The topological polar surface area (TPSA) is 31.0 Å². The van der Waals surface area contributed by atoms with Crippen molar-refractivity contribution >= 4 is 22.6 Å². The molecule has 0 saturated carbocycles. The minimum Gasteiger partial charge on any atom is -0.460 e. The fourth-order valence-corrected chi connectivity index (χ4v) is 2.58. The lowest BCUT2D eigenvalue weighted by Crippen LogP contribution is -2.03. The number of nitrogens with zero attached hydrogens (tertiary/aromatic N) is 2. The number of aryl methyl sites for hydroxylation is 1. The van der Waals surface area contributed by atoms with Crippen molar-refractivity contribution < 1.29 is 4.42 Å². The molecule has 0 spiro atoms. The maximum Gasteiger partial charge on any atom is 0.139 e. The molecule has 0 unspecified atom stereocenters. The molecule has 0 bridgehead atoms. The summed E-state index contributed by atoms with van der Waals surface area (Å²) in [7, 11) is 0. The second kappa shape index (κ2) is 4.98. The Labute approximate surface area is 123 Å². The fourth-order valence-electron chi connectivity index (χ4n) is 2.33. The molecule has 0 saturated heterocycles. The van der Waals surface area contributed by atoms with E-state index >= 15 is 0 Å². The van der Waals surface area contributed by atoms with Gasteiger partial charge in [-0.1, -0.05) is 25.4 Å². The zero-order valence-electron chi connectivity index (χ0n) is 11.9. The van der Waals surface area contributed by atoms with Gasteiger partial charge >= 0.3 is 0 Å². The smallest absolute Gasteiger partial charge is 0.139 e. The van der Waals surface area contributed by atoms with Crippen LogP contribution in [0.2, 0.25) is 5.02 Å². The average molecular weight is 289 g/mol. The summed E-state index contributed by atoms with van der Waals surface area (Å²) >= 11 is 6.22. The Morgan fingerprint density at radius 1 is 1.30 bits per heavy atom. The third kappa shape index (κ3) is 2.34. The first-order valence-corrected chi connectivity index (χ1v) is 7.12. The minimum atomic E-state index is 0.362. The van der Waals surface area contributed by atoms with E-state index in [0.29, 0.717) is 12.5 Å². The Morgan fingerprint density at radius 2 is 2.10 bits per heavy atom. The highest BCUT2D eigenvalue weighted by molar-refractivity contribution is 6.31. The van der Waals surface area contributed by atoms with E-state index in [2.05, 4.69) is 25.0 Å². The van der Waals surface area contributed by atoms with Crippen LogP contribution in [0.5, 0.6) is 0 Å². The van der Waals surface area contributed by atoms with Gasteiger partial charge in [-0.05, 0) is 31.2 Å². The normalized spacial score (nSPS) is 11.7. The Balaban J connectivity index is 2.11. The molecule has 0 aliphatic carbocycles. The molecular weight excluding hydrogens is 272 g/mol. The molecule has 3 rings (SSSR count). The molecule has 1 aromatic carbocycles. The van der Waals surface area contributed by atoms with E-state index in [1.165, 1.54) is 0 Å². The predicted molar refractivity (Wildman–Crippen MR) is 81.4 cm³/mol. The second-order valence-corrected chi connectivity index (χ2v) is 5.85. The number of benzene rings is 1. The fraction of sp³-hybridized carbons (Fsp3) is 0.312. The first-order chi connectivity index (χ1) is 9.54. The average Bonchev–Trinajstić information content (AvgIpc) is 2.96. The molecule has 4 heteroatoms. The molecule has 0 fully saturated rings. The van der Waals surface area contributed by atoms with Crippen LogP contribution in [-0.2, 0) is 6.54 Å². The summed E-state index contributed by atoms with van der Waals surface area (Å²) in [6.45, 7) is 6.95. The number of furan rings is 1. The molecule has 2 heterocycles. The Morgan fingerprint density at radius 3 is 2.75 bits per heavy atom. The zero-order chi connectivity index (χ0) is 14.3. The molecule has 3 nitrogen and oxygen atoms in total. The monoisotopic (exact) mass is 288 g/mol. The van der Waals surface area contributed by atoms with E-state index in [4.69, 9.17) is 16.0 Å². The maximum atomic E-state index is 6.22. The summed E-state index contributed by atoms with van der Waals surface area (Å²) in [5.41, 5.74) is 3.09. The third-order valence-corrected chi connectivity index (χ3v) is 3.71. The van der Waals surface area contributed by atoms with Crippen LogP contribution in [0.4, 0.5) is 0 Å². The largest absolute Gasteiger partial charge is 0.460 e. The Hall–Kier alpha value is -1.74. The number of hydrogen-bond acceptors (Lipinski definition) is 2. The van der Waals surface area contributed by atoms with E-state index in [-0.39, 0.29) is 0 Å². The highest BCUT2D eigenvalue weighted by atomic mass is 35.5. The molecule has 0 amide bonds. The Bertz CT molecular complexity index is 755.